The summed E-state index contributed by atoms with van der Waals surface area (Å²) in [5.74, 6) is 0.403. The number of carbonyl (C=O) groups excluding carboxylic acids is 1. The largest absolute Gasteiger partial charge is 0.328 e. The Bertz CT molecular complexity index is 1010. The Balaban J connectivity index is 1.96. The first-order valence-electron chi connectivity index (χ1n) is 8.78. The number of hydrogen-bond acceptors (Lipinski definition) is 4. The minimum Gasteiger partial charge on any atom is -0.328 e. The zero-order valence-electron chi connectivity index (χ0n) is 15.9. The van der Waals surface area contributed by atoms with Crippen LogP contribution >= 0.6 is 0 Å². The predicted molar refractivity (Wildman–Crippen MR) is 108 cm³/mol. The standard InChI is InChI=1S/C20H23N3O3S/c1-13(2)12-23-15(4)22-27(25,26)19-11-16(7-10-18(19)23)20(24)21-17-8-5-14(3)6-9-17/h5-11,13H,12H2,1-4H3,(H,21,24). The number of amides is 1. The summed E-state index contributed by atoms with van der Waals surface area (Å²) in [6.45, 7) is 8.40. The van der Waals surface area contributed by atoms with Crippen LogP contribution in [-0.4, -0.2) is 26.7 Å². The van der Waals surface area contributed by atoms with Gasteiger partial charge in [-0.2, -0.15) is 8.42 Å². The van der Waals surface area contributed by atoms with Crippen molar-refractivity contribution in [1.82, 2.24) is 0 Å². The van der Waals surface area contributed by atoms with Crippen LogP contribution in [0.2, 0.25) is 0 Å². The van der Waals surface area contributed by atoms with Crippen LogP contribution in [-0.2, 0) is 10.0 Å². The summed E-state index contributed by atoms with van der Waals surface area (Å²) in [6, 6.07) is 12.1. The highest BCUT2D eigenvalue weighted by Gasteiger charge is 2.30. The van der Waals surface area contributed by atoms with E-state index in [-0.39, 0.29) is 16.4 Å². The third-order valence-electron chi connectivity index (χ3n) is 4.29. The van der Waals surface area contributed by atoms with E-state index in [0.29, 0.717) is 29.7 Å². The van der Waals surface area contributed by atoms with Crippen LogP contribution in [0, 0.1) is 12.8 Å². The number of hydrogen-bond donors (Lipinski definition) is 1. The highest BCUT2D eigenvalue weighted by atomic mass is 32.2. The van der Waals surface area contributed by atoms with Crippen LogP contribution in [0.3, 0.4) is 0 Å². The second-order valence-electron chi connectivity index (χ2n) is 7.12. The number of anilines is 2. The van der Waals surface area contributed by atoms with E-state index in [0.717, 1.165) is 5.56 Å². The normalized spacial score (nSPS) is 15.3. The number of sulfonamides is 1. The maximum Gasteiger partial charge on any atom is 0.286 e. The van der Waals surface area contributed by atoms with Gasteiger partial charge in [0, 0.05) is 17.8 Å². The summed E-state index contributed by atoms with van der Waals surface area (Å²) < 4.78 is 28.9. The number of amidine groups is 1. The van der Waals surface area contributed by atoms with E-state index in [1.165, 1.54) is 6.07 Å². The fraction of sp³-hybridized carbons (Fsp3) is 0.300. The molecule has 0 saturated heterocycles. The number of rotatable bonds is 4. The SMILES string of the molecule is CC1=NS(=O)(=O)c2cc(C(=O)Nc3ccc(C)cc3)ccc2N1CC(C)C. The first-order chi connectivity index (χ1) is 12.7. The first-order valence-corrected chi connectivity index (χ1v) is 10.2. The molecule has 1 amide bonds. The maximum atomic E-state index is 12.6. The molecule has 0 spiro atoms. The molecule has 0 saturated carbocycles. The number of benzene rings is 2. The van der Waals surface area contributed by atoms with E-state index in [4.69, 9.17) is 0 Å². The smallest absolute Gasteiger partial charge is 0.286 e. The third-order valence-corrected chi connectivity index (χ3v) is 5.68. The molecule has 0 aliphatic carbocycles. The van der Waals surface area contributed by atoms with Crippen molar-refractivity contribution in [2.45, 2.75) is 32.6 Å². The molecular weight excluding hydrogens is 362 g/mol. The fourth-order valence-corrected chi connectivity index (χ4v) is 4.23. The molecule has 3 rings (SSSR count). The molecule has 0 bridgehead atoms. The second kappa shape index (κ2) is 7.15. The van der Waals surface area contributed by atoms with Crippen molar-refractivity contribution in [2.24, 2.45) is 10.3 Å². The van der Waals surface area contributed by atoms with Crippen molar-refractivity contribution in [3.05, 3.63) is 53.6 Å². The molecule has 7 heteroatoms. The van der Waals surface area contributed by atoms with E-state index in [9.17, 15) is 13.2 Å². The molecule has 1 N–H and O–H groups in total. The van der Waals surface area contributed by atoms with Crippen molar-refractivity contribution in [2.75, 3.05) is 16.8 Å². The minimum absolute atomic E-state index is 0.0605. The highest BCUT2D eigenvalue weighted by molar-refractivity contribution is 7.90. The van der Waals surface area contributed by atoms with Gasteiger partial charge in [-0.3, -0.25) is 4.79 Å². The molecule has 2 aromatic carbocycles. The minimum atomic E-state index is -3.83. The molecule has 0 radical (unpaired) electrons. The van der Waals surface area contributed by atoms with E-state index in [1.807, 2.05) is 24.0 Å². The Morgan fingerprint density at radius 3 is 2.41 bits per heavy atom. The molecule has 1 aliphatic rings. The van der Waals surface area contributed by atoms with Gasteiger partial charge in [-0.1, -0.05) is 31.5 Å². The summed E-state index contributed by atoms with van der Waals surface area (Å²) in [5.41, 5.74) is 2.58. The Labute approximate surface area is 160 Å². The summed E-state index contributed by atoms with van der Waals surface area (Å²) >= 11 is 0. The zero-order valence-corrected chi connectivity index (χ0v) is 16.7. The van der Waals surface area contributed by atoms with Gasteiger partial charge < -0.3 is 10.2 Å². The van der Waals surface area contributed by atoms with Gasteiger partial charge in [-0.15, -0.1) is 4.40 Å². The van der Waals surface area contributed by atoms with E-state index in [2.05, 4.69) is 23.6 Å². The van der Waals surface area contributed by atoms with Crippen LogP contribution < -0.4 is 10.2 Å². The third kappa shape index (κ3) is 4.03. The molecule has 0 unspecified atom stereocenters. The molecule has 0 atom stereocenters. The molecular formula is C20H23N3O3S. The highest BCUT2D eigenvalue weighted by Crippen LogP contribution is 2.33. The average Bonchev–Trinajstić information content (AvgIpc) is 2.59. The summed E-state index contributed by atoms with van der Waals surface area (Å²) in [5, 5.41) is 2.79. The lowest BCUT2D eigenvalue weighted by Gasteiger charge is -2.30. The molecule has 2 aromatic rings. The van der Waals surface area contributed by atoms with Gasteiger partial charge in [0.05, 0.1) is 5.69 Å². The topological polar surface area (TPSA) is 78.8 Å². The summed E-state index contributed by atoms with van der Waals surface area (Å²) in [6.07, 6.45) is 0. The lowest BCUT2D eigenvalue weighted by molar-refractivity contribution is 0.102. The van der Waals surface area contributed by atoms with E-state index in [1.54, 1.807) is 31.2 Å². The van der Waals surface area contributed by atoms with Crippen molar-refractivity contribution >= 4 is 33.1 Å². The molecule has 1 heterocycles. The summed E-state index contributed by atoms with van der Waals surface area (Å²) in [7, 11) is -3.83. The average molecular weight is 385 g/mol. The van der Waals surface area contributed by atoms with Gasteiger partial charge in [0.25, 0.3) is 15.9 Å². The van der Waals surface area contributed by atoms with Gasteiger partial charge in [0.1, 0.15) is 10.7 Å². The van der Waals surface area contributed by atoms with Gasteiger partial charge in [0.15, 0.2) is 0 Å². The number of fused-ring (bicyclic) bond motifs is 1. The fourth-order valence-electron chi connectivity index (χ4n) is 2.97. The van der Waals surface area contributed by atoms with Gasteiger partial charge >= 0.3 is 0 Å². The number of aryl methyl sites for hydroxylation is 1. The van der Waals surface area contributed by atoms with E-state index < -0.39 is 10.0 Å². The first kappa shape index (κ1) is 19.1. The molecule has 142 valence electrons. The Morgan fingerprint density at radius 2 is 1.78 bits per heavy atom. The van der Waals surface area contributed by atoms with Crippen molar-refractivity contribution in [1.29, 1.82) is 0 Å². The molecule has 0 fully saturated rings. The quantitative estimate of drug-likeness (QED) is 0.867. The number of carbonyl (C=O) groups is 1. The molecule has 6 nitrogen and oxygen atoms in total. The number of nitrogens with zero attached hydrogens (tertiary/aromatic N) is 2. The predicted octanol–water partition coefficient (Wildman–Crippen LogP) is 3.83. The number of nitrogens with one attached hydrogen (secondary N) is 1. The van der Waals surface area contributed by atoms with Crippen molar-refractivity contribution < 1.29 is 13.2 Å². The molecule has 0 aromatic heterocycles. The van der Waals surface area contributed by atoms with Crippen LogP contribution in [0.15, 0.2) is 51.8 Å². The molecule has 1 aliphatic heterocycles. The zero-order chi connectivity index (χ0) is 19.8. The van der Waals surface area contributed by atoms with Gasteiger partial charge in [-0.25, -0.2) is 0 Å². The van der Waals surface area contributed by atoms with Gasteiger partial charge in [-0.05, 0) is 50.1 Å². The van der Waals surface area contributed by atoms with Crippen molar-refractivity contribution in [3.8, 4) is 0 Å². The molecule has 27 heavy (non-hydrogen) atoms. The summed E-state index contributed by atoms with van der Waals surface area (Å²) in [4.78, 5) is 14.5. The Kier molecular flexibility index (Phi) is 5.06. The van der Waals surface area contributed by atoms with Crippen LogP contribution in [0.4, 0.5) is 11.4 Å². The Morgan fingerprint density at radius 1 is 1.11 bits per heavy atom. The Hall–Kier alpha value is -2.67. The van der Waals surface area contributed by atoms with Crippen LogP contribution in [0.5, 0.6) is 0 Å². The van der Waals surface area contributed by atoms with E-state index >= 15 is 0 Å². The maximum absolute atomic E-state index is 12.6. The monoisotopic (exact) mass is 385 g/mol. The van der Waals surface area contributed by atoms with Crippen molar-refractivity contribution in [3.63, 3.8) is 0 Å². The van der Waals surface area contributed by atoms with Crippen LogP contribution in [0.25, 0.3) is 0 Å². The second-order valence-corrected chi connectivity index (χ2v) is 8.69. The van der Waals surface area contributed by atoms with Crippen LogP contribution in [0.1, 0.15) is 36.7 Å². The lowest BCUT2D eigenvalue weighted by atomic mass is 10.1. The van der Waals surface area contributed by atoms with Gasteiger partial charge in [0.2, 0.25) is 0 Å². The lowest BCUT2D eigenvalue weighted by Crippen LogP contribution is -2.36.